The van der Waals surface area contributed by atoms with Crippen LogP contribution >= 0.6 is 24.4 Å². The van der Waals surface area contributed by atoms with Gasteiger partial charge in [0.25, 0.3) is 5.91 Å². The number of primary amides is 2. The highest BCUT2D eigenvalue weighted by molar-refractivity contribution is 7.98. The van der Waals surface area contributed by atoms with Crippen LogP contribution in [0.5, 0.6) is 0 Å². The molecule has 0 aliphatic rings. The summed E-state index contributed by atoms with van der Waals surface area (Å²) in [5.74, 6) is -15.7. The lowest BCUT2D eigenvalue weighted by atomic mass is 9.84. The molecule has 102 heavy (non-hydrogen) atoms. The lowest BCUT2D eigenvalue weighted by Gasteiger charge is -2.44. The normalized spacial score (nSPS) is 14.4. The first-order chi connectivity index (χ1) is 48.1. The van der Waals surface area contributed by atoms with E-state index in [1.165, 1.54) is 69.3 Å². The molecule has 0 bridgehead atoms. The summed E-state index contributed by atoms with van der Waals surface area (Å²) in [7, 11) is 0. The number of thioether (sulfide) groups is 1. The van der Waals surface area contributed by atoms with Crippen LogP contribution < -0.4 is 76.1 Å². The van der Waals surface area contributed by atoms with E-state index in [1.54, 1.807) is 71.3 Å². The predicted octanol–water partition coefficient (Wildman–Crippen LogP) is -4.04. The predicted molar refractivity (Wildman–Crippen MR) is 379 cm³/mol. The van der Waals surface area contributed by atoms with Gasteiger partial charge in [0, 0.05) is 72.2 Å². The zero-order valence-corrected chi connectivity index (χ0v) is 60.0. The Morgan fingerprint density at radius 3 is 1.87 bits per heavy atom. The molecule has 1 unspecified atom stereocenters. The number of carbonyl (C=O) groups is 15. The van der Waals surface area contributed by atoms with E-state index in [1.807, 2.05) is 0 Å². The number of H-pyrrole nitrogens is 2. The van der Waals surface area contributed by atoms with E-state index in [0.717, 1.165) is 4.90 Å². The monoisotopic (exact) mass is 1460 g/mol. The average Bonchev–Trinajstić information content (AvgIpc) is 0.962. The van der Waals surface area contributed by atoms with E-state index >= 15 is 4.79 Å². The Kier molecular flexibility index (Phi) is 33.3. The summed E-state index contributed by atoms with van der Waals surface area (Å²) in [4.78, 5) is 218. The number of rotatable bonds is 41. The summed E-state index contributed by atoms with van der Waals surface area (Å²) in [6.45, 7) is 8.73. The number of fused-ring (bicyclic) bond motifs is 1. The fourth-order valence-electron chi connectivity index (χ4n) is 10.5. The second-order valence-corrected chi connectivity index (χ2v) is 26.4. The number of thiol groups is 1. The quantitative estimate of drug-likeness (QED) is 0.0114. The van der Waals surface area contributed by atoms with Crippen LogP contribution in [0, 0.1) is 17.8 Å². The molecular formula is C65H95N19O16S2. The number of nitrogen functional groups attached to an aromatic ring is 1. The molecule has 35 nitrogen and oxygen atoms in total. The third-order valence-electron chi connectivity index (χ3n) is 16.5. The molecule has 2 aromatic carbocycles. The molecule has 10 atom stereocenters. The minimum Gasteiger partial charge on any atom is -0.399 e. The van der Waals surface area contributed by atoms with Crippen molar-refractivity contribution in [1.82, 2.24) is 77.9 Å². The molecule has 0 saturated heterocycles. The van der Waals surface area contributed by atoms with Gasteiger partial charge < -0.3 is 96.1 Å². The van der Waals surface area contributed by atoms with Crippen molar-refractivity contribution in [2.24, 2.45) is 35.0 Å². The molecule has 0 radical (unpaired) electrons. The van der Waals surface area contributed by atoms with E-state index in [-0.39, 0.29) is 36.4 Å². The lowest BCUT2D eigenvalue weighted by molar-refractivity contribution is -0.152. The van der Waals surface area contributed by atoms with E-state index < -0.39 is 206 Å². The van der Waals surface area contributed by atoms with Gasteiger partial charge in [-0.3, -0.25) is 76.8 Å². The van der Waals surface area contributed by atoms with Crippen LogP contribution in [0.1, 0.15) is 96.3 Å². The third kappa shape index (κ3) is 24.6. The number of aromatic nitrogens is 3. The van der Waals surface area contributed by atoms with Crippen molar-refractivity contribution in [3.05, 3.63) is 84.1 Å². The van der Waals surface area contributed by atoms with Crippen molar-refractivity contribution in [1.29, 1.82) is 0 Å². The molecule has 558 valence electrons. The van der Waals surface area contributed by atoms with Gasteiger partial charge in [0.15, 0.2) is 0 Å². The minimum atomic E-state index is -1.99. The van der Waals surface area contributed by atoms with Crippen molar-refractivity contribution in [3.63, 3.8) is 0 Å². The molecule has 4 aromatic rings. The van der Waals surface area contributed by atoms with Crippen molar-refractivity contribution >= 4 is 130 Å². The van der Waals surface area contributed by atoms with Gasteiger partial charge >= 0.3 is 0 Å². The summed E-state index contributed by atoms with van der Waals surface area (Å²) in [6.07, 6.45) is 4.31. The fourth-order valence-corrected chi connectivity index (χ4v) is 11.6. The largest absolute Gasteiger partial charge is 0.399 e. The Bertz CT molecular complexity index is 3630. The van der Waals surface area contributed by atoms with Gasteiger partial charge in [-0.05, 0) is 92.3 Å². The Morgan fingerprint density at radius 2 is 1.29 bits per heavy atom. The van der Waals surface area contributed by atoms with Crippen molar-refractivity contribution in [3.8, 4) is 0 Å². The number of imidazole rings is 1. The third-order valence-corrected chi connectivity index (χ3v) is 17.7. The van der Waals surface area contributed by atoms with Crippen molar-refractivity contribution in [2.45, 2.75) is 141 Å². The molecule has 0 fully saturated rings. The first-order valence-corrected chi connectivity index (χ1v) is 34.6. The Morgan fingerprint density at radius 1 is 0.686 bits per heavy atom. The fraction of sp³-hybridized carbons (Fsp3) is 0.508. The summed E-state index contributed by atoms with van der Waals surface area (Å²) in [5, 5.41) is 35.1. The van der Waals surface area contributed by atoms with Crippen molar-refractivity contribution in [2.75, 3.05) is 56.4 Å². The molecule has 37 heteroatoms. The van der Waals surface area contributed by atoms with E-state index in [0.29, 0.717) is 32.8 Å². The van der Waals surface area contributed by atoms with Gasteiger partial charge in [0.05, 0.1) is 39.2 Å². The van der Waals surface area contributed by atoms with E-state index in [2.05, 4.69) is 80.7 Å². The summed E-state index contributed by atoms with van der Waals surface area (Å²) < 4.78 is 0. The maximum Gasteiger partial charge on any atom is 0.261 e. The summed E-state index contributed by atoms with van der Waals surface area (Å²) in [5.41, 5.74) is 22.5. The maximum absolute atomic E-state index is 15.0. The topological polar surface area (TPSA) is 552 Å². The van der Waals surface area contributed by atoms with Crippen molar-refractivity contribution < 1.29 is 77.0 Å². The van der Waals surface area contributed by atoms with Crippen LogP contribution in [0.4, 0.5) is 5.69 Å². The average molecular weight is 1460 g/mol. The number of nitrogens with zero attached hydrogens (tertiary/aromatic N) is 3. The molecular weight excluding hydrogens is 1370 g/mol. The number of nitrogens with two attached hydrogens (primary N) is 4. The number of anilines is 1. The number of hydrogen-bond donors (Lipinski definition) is 18. The lowest BCUT2D eigenvalue weighted by Crippen LogP contribution is -2.67. The SMILES string of the molecule is CSCC(C)[C@@](C)(C(N)=O)N(CNC(C)=O)C(=O)[C@H](CC(C)C)NC(=O)[C@H](Cc1cnc[nH]1)NC(=O)CNC(=O)[C@@H](NC(=O)[C@H](C)NC(=O)[C@H](Cc1c[nH]c2ccccc12)NC(=O)[C@H](CCC(N)=O)N(C(=O)CNC(=O)[C@H](CS)NC(=O)[C@H](CO)NC(=O)CN)C(=O)c1ccc(N)cc1)C(C)C. The van der Waals surface area contributed by atoms with E-state index in [4.69, 9.17) is 22.9 Å². The standard InChI is InChI=1S/C65H95N19O16S2/c1-33(2)20-46(63(99)83(32-75-37(7)86)65(8,64(69)100)35(5)30-102-9)80-58(94)45(22-41-25-70-31-74-41)77-52(89)26-72-61(97)54(34(3)4)82-55(91)36(6)76-57(93)44(21-39-24-71-43-13-11-10-12-42(39)43)79-60(96)49(18-19-50(68)87)84(62(98)38-14-16-40(67)17-15-38)53(90)27-73-56(92)48(29-101)81-59(95)47(28-85)78-51(88)23-66/h10-17,24-25,31,33-36,44-49,54,71,85,101H,18-23,26-30,32,66-67H2,1-9H3,(H2,68,87)(H2,69,100)(H,70,74)(H,72,97)(H,73,92)(H,75,86)(H,76,93)(H,77,89)(H,78,88)(H,79,96)(H,80,94)(H,81,95)(H,82,91)/t35?,36-,44-,45-,46-,47-,48-,49-,54-,65-/m0/s1. The highest BCUT2D eigenvalue weighted by atomic mass is 32.2. The Hall–Kier alpha value is -10.1. The van der Waals surface area contributed by atoms with Gasteiger partial charge in [-0.15, -0.1) is 0 Å². The zero-order chi connectivity index (χ0) is 76.3. The second-order valence-electron chi connectivity index (χ2n) is 25.1. The molecule has 0 aliphatic carbocycles. The number of carbonyl (C=O) groups excluding carboxylic acids is 15. The molecule has 4 rings (SSSR count). The molecule has 2 heterocycles. The molecule has 2 aromatic heterocycles. The van der Waals surface area contributed by atoms with Gasteiger partial charge in [0.1, 0.15) is 53.9 Å². The summed E-state index contributed by atoms with van der Waals surface area (Å²) in [6, 6.07) is -0.404. The smallest absolute Gasteiger partial charge is 0.261 e. The van der Waals surface area contributed by atoms with Crippen LogP contribution in [-0.4, -0.2) is 223 Å². The van der Waals surface area contributed by atoms with E-state index in [9.17, 15) is 72.2 Å². The number of imide groups is 1. The van der Waals surface area contributed by atoms with Gasteiger partial charge in [-0.2, -0.15) is 24.4 Å². The van der Waals surface area contributed by atoms with Crippen LogP contribution in [0.15, 0.2) is 67.3 Å². The van der Waals surface area contributed by atoms with Gasteiger partial charge in [-0.25, -0.2) is 4.98 Å². The molecule has 0 aliphatic heterocycles. The Balaban J connectivity index is 1.61. The first-order valence-electron chi connectivity index (χ1n) is 32.6. The molecule has 21 N–H and O–H groups in total. The number of nitrogens with one attached hydrogen (secondary N) is 12. The highest BCUT2D eigenvalue weighted by Crippen LogP contribution is 2.29. The molecule has 0 spiro atoms. The number of aromatic amines is 2. The zero-order valence-electron chi connectivity index (χ0n) is 58.3. The van der Waals surface area contributed by atoms with Crippen LogP contribution in [-0.2, 0) is 80.0 Å². The van der Waals surface area contributed by atoms with Crippen LogP contribution in [0.2, 0.25) is 0 Å². The number of para-hydroxylation sites is 1. The molecule has 15 amide bonds. The first kappa shape index (κ1) is 84.3. The number of aliphatic hydroxyl groups excluding tert-OH is 1. The number of aliphatic hydroxyl groups is 1. The van der Waals surface area contributed by atoms with Crippen LogP contribution in [0.25, 0.3) is 10.9 Å². The molecule has 0 saturated carbocycles. The minimum absolute atomic E-state index is 0.0342. The second kappa shape index (κ2) is 40.3. The Labute approximate surface area is 598 Å². The van der Waals surface area contributed by atoms with Crippen LogP contribution in [0.3, 0.4) is 0 Å². The maximum atomic E-state index is 15.0. The number of benzene rings is 2. The number of amides is 15. The van der Waals surface area contributed by atoms with Gasteiger partial charge in [-0.1, -0.05) is 52.8 Å². The number of hydrogen-bond acceptors (Lipinski definition) is 21. The van der Waals surface area contributed by atoms with Gasteiger partial charge in [0.2, 0.25) is 82.7 Å². The summed E-state index contributed by atoms with van der Waals surface area (Å²) >= 11 is 5.52. The highest BCUT2D eigenvalue weighted by Gasteiger charge is 2.48.